The summed E-state index contributed by atoms with van der Waals surface area (Å²) in [5.41, 5.74) is 2.47. The van der Waals surface area contributed by atoms with Gasteiger partial charge in [-0.25, -0.2) is 4.98 Å². The standard InChI is InChI=1S/C29H47N3O2/c1-22(33)34-19-7-6-14-31-15-17-32(18-16-31)27-21-24(10-13-30-27)23-8-9-25-26(20-23)29(4,5)12-11-28(25,2)3/h10,13,21,23,25-26H,6-9,11-12,14-20H2,1-5H3. The minimum atomic E-state index is -0.178. The number of ether oxygens (including phenoxy) is 1. The van der Waals surface area contributed by atoms with E-state index in [4.69, 9.17) is 9.72 Å². The topological polar surface area (TPSA) is 45.7 Å². The molecule has 3 fully saturated rings. The second-order valence-electron chi connectivity index (χ2n) is 12.5. The SMILES string of the molecule is CC(=O)OCCCCN1CCN(c2cc(C3CCC4C(C3)C(C)(C)CCC4(C)C)ccn2)CC1. The van der Waals surface area contributed by atoms with E-state index in [1.807, 2.05) is 6.20 Å². The molecule has 1 aromatic heterocycles. The highest BCUT2D eigenvalue weighted by molar-refractivity contribution is 5.65. The minimum absolute atomic E-state index is 0.178. The molecule has 2 saturated carbocycles. The maximum atomic E-state index is 10.9. The van der Waals surface area contributed by atoms with E-state index in [0.29, 0.717) is 23.4 Å². The number of pyridine rings is 1. The molecule has 0 radical (unpaired) electrons. The highest BCUT2D eigenvalue weighted by atomic mass is 16.5. The van der Waals surface area contributed by atoms with Crippen molar-refractivity contribution in [3.63, 3.8) is 0 Å². The van der Waals surface area contributed by atoms with Crippen LogP contribution < -0.4 is 4.90 Å². The van der Waals surface area contributed by atoms with Gasteiger partial charge in [-0.05, 0) is 97.8 Å². The predicted molar refractivity (Wildman–Crippen MR) is 139 cm³/mol. The molecule has 1 saturated heterocycles. The number of aromatic nitrogens is 1. The summed E-state index contributed by atoms with van der Waals surface area (Å²) in [6.07, 6.45) is 10.9. The summed E-state index contributed by atoms with van der Waals surface area (Å²) in [4.78, 5) is 20.7. The second-order valence-corrected chi connectivity index (χ2v) is 12.5. The first-order valence-electron chi connectivity index (χ1n) is 13.7. The Morgan fingerprint density at radius 3 is 2.44 bits per heavy atom. The average molecular weight is 470 g/mol. The van der Waals surface area contributed by atoms with Crippen LogP contribution in [-0.4, -0.2) is 55.2 Å². The molecular formula is C29H47N3O2. The molecule has 5 heteroatoms. The van der Waals surface area contributed by atoms with Crippen molar-refractivity contribution in [2.45, 2.75) is 85.5 Å². The van der Waals surface area contributed by atoms with Crippen LogP contribution in [0.2, 0.25) is 0 Å². The lowest BCUT2D eigenvalue weighted by Crippen LogP contribution is -2.47. The van der Waals surface area contributed by atoms with Gasteiger partial charge in [0.15, 0.2) is 0 Å². The minimum Gasteiger partial charge on any atom is -0.466 e. The van der Waals surface area contributed by atoms with E-state index in [9.17, 15) is 4.79 Å². The van der Waals surface area contributed by atoms with Gasteiger partial charge in [0.25, 0.3) is 0 Å². The summed E-state index contributed by atoms with van der Waals surface area (Å²) >= 11 is 0. The lowest BCUT2D eigenvalue weighted by molar-refractivity contribution is -0.141. The van der Waals surface area contributed by atoms with Crippen LogP contribution >= 0.6 is 0 Å². The maximum Gasteiger partial charge on any atom is 0.302 e. The number of rotatable bonds is 7. The van der Waals surface area contributed by atoms with E-state index < -0.39 is 0 Å². The molecule has 34 heavy (non-hydrogen) atoms. The van der Waals surface area contributed by atoms with Crippen molar-refractivity contribution in [1.82, 2.24) is 9.88 Å². The van der Waals surface area contributed by atoms with Crippen LogP contribution in [-0.2, 0) is 9.53 Å². The Morgan fingerprint density at radius 1 is 1.03 bits per heavy atom. The highest BCUT2D eigenvalue weighted by Crippen LogP contribution is 2.59. The third-order valence-corrected chi connectivity index (χ3v) is 9.38. The quantitative estimate of drug-likeness (QED) is 0.368. The third kappa shape index (κ3) is 5.95. The lowest BCUT2D eigenvalue weighted by atomic mass is 9.49. The van der Waals surface area contributed by atoms with Gasteiger partial charge >= 0.3 is 5.97 Å². The fourth-order valence-electron chi connectivity index (χ4n) is 7.00. The number of nitrogens with zero attached hydrogens (tertiary/aromatic N) is 3. The molecule has 0 aromatic carbocycles. The van der Waals surface area contributed by atoms with Crippen molar-refractivity contribution in [3.8, 4) is 0 Å². The summed E-state index contributed by atoms with van der Waals surface area (Å²) in [7, 11) is 0. The molecule has 190 valence electrons. The zero-order valence-corrected chi connectivity index (χ0v) is 22.3. The lowest BCUT2D eigenvalue weighted by Gasteiger charge is -2.56. The summed E-state index contributed by atoms with van der Waals surface area (Å²) in [5.74, 6) is 3.36. The van der Waals surface area contributed by atoms with Crippen LogP contribution in [0.15, 0.2) is 18.3 Å². The number of piperazine rings is 1. The molecular weight excluding hydrogens is 422 g/mol. The molecule has 2 heterocycles. The van der Waals surface area contributed by atoms with Crippen molar-refractivity contribution < 1.29 is 9.53 Å². The van der Waals surface area contributed by atoms with E-state index in [2.05, 4.69) is 49.6 Å². The zero-order valence-electron chi connectivity index (χ0n) is 22.3. The second kappa shape index (κ2) is 10.6. The Kier molecular flexibility index (Phi) is 7.91. The normalized spacial score (nSPS) is 28.9. The van der Waals surface area contributed by atoms with Gasteiger partial charge in [0.2, 0.25) is 0 Å². The van der Waals surface area contributed by atoms with Gasteiger partial charge in [-0.3, -0.25) is 9.69 Å². The predicted octanol–water partition coefficient (Wildman–Crippen LogP) is 5.89. The van der Waals surface area contributed by atoms with Crippen LogP contribution in [0, 0.1) is 22.7 Å². The van der Waals surface area contributed by atoms with Gasteiger partial charge in [-0.1, -0.05) is 27.7 Å². The Morgan fingerprint density at radius 2 is 1.74 bits per heavy atom. The van der Waals surface area contributed by atoms with Gasteiger partial charge in [0.1, 0.15) is 5.82 Å². The fourth-order valence-corrected chi connectivity index (χ4v) is 7.00. The largest absolute Gasteiger partial charge is 0.466 e. The number of hydrogen-bond donors (Lipinski definition) is 0. The number of esters is 1. The first-order chi connectivity index (χ1) is 16.2. The molecule has 3 atom stereocenters. The van der Waals surface area contributed by atoms with E-state index in [0.717, 1.165) is 63.2 Å². The van der Waals surface area contributed by atoms with Crippen LogP contribution in [0.1, 0.15) is 91.0 Å². The van der Waals surface area contributed by atoms with Crippen molar-refractivity contribution in [2.24, 2.45) is 22.7 Å². The number of carbonyl (C=O) groups is 1. The Bertz CT molecular complexity index is 828. The Hall–Kier alpha value is -1.62. The van der Waals surface area contributed by atoms with Crippen LogP contribution in [0.3, 0.4) is 0 Å². The molecule has 0 N–H and O–H groups in total. The Labute approximate surface area is 207 Å². The molecule has 1 aliphatic heterocycles. The molecule has 5 nitrogen and oxygen atoms in total. The van der Waals surface area contributed by atoms with Crippen molar-refractivity contribution >= 4 is 11.8 Å². The van der Waals surface area contributed by atoms with Crippen LogP contribution in [0.5, 0.6) is 0 Å². The molecule has 1 aromatic rings. The van der Waals surface area contributed by atoms with Gasteiger partial charge in [0.05, 0.1) is 6.61 Å². The average Bonchev–Trinajstić information content (AvgIpc) is 2.82. The summed E-state index contributed by atoms with van der Waals surface area (Å²) in [6, 6.07) is 4.69. The molecule has 0 spiro atoms. The van der Waals surface area contributed by atoms with Gasteiger partial charge in [0, 0.05) is 39.3 Å². The first-order valence-corrected chi connectivity index (χ1v) is 13.7. The van der Waals surface area contributed by atoms with Gasteiger partial charge in [-0.15, -0.1) is 0 Å². The Balaban J connectivity index is 1.31. The van der Waals surface area contributed by atoms with Crippen molar-refractivity contribution in [3.05, 3.63) is 23.9 Å². The number of anilines is 1. The number of hydrogen-bond acceptors (Lipinski definition) is 5. The van der Waals surface area contributed by atoms with Gasteiger partial charge < -0.3 is 9.64 Å². The monoisotopic (exact) mass is 469 g/mol. The van der Waals surface area contributed by atoms with Gasteiger partial charge in [-0.2, -0.15) is 0 Å². The highest BCUT2D eigenvalue weighted by Gasteiger charge is 2.49. The summed E-state index contributed by atoms with van der Waals surface area (Å²) in [6.45, 7) is 17.4. The summed E-state index contributed by atoms with van der Waals surface area (Å²) < 4.78 is 5.04. The molecule has 4 rings (SSSR count). The van der Waals surface area contributed by atoms with E-state index >= 15 is 0 Å². The number of fused-ring (bicyclic) bond motifs is 1. The number of unbranched alkanes of at least 4 members (excludes halogenated alkanes) is 1. The first kappa shape index (κ1) is 25.5. The van der Waals surface area contributed by atoms with Crippen LogP contribution in [0.4, 0.5) is 5.82 Å². The molecule has 0 bridgehead atoms. The van der Waals surface area contributed by atoms with E-state index in [1.54, 1.807) is 0 Å². The smallest absolute Gasteiger partial charge is 0.302 e. The van der Waals surface area contributed by atoms with Crippen molar-refractivity contribution in [2.75, 3.05) is 44.2 Å². The number of carbonyl (C=O) groups excluding carboxylic acids is 1. The molecule has 3 unspecified atom stereocenters. The van der Waals surface area contributed by atoms with E-state index in [1.165, 1.54) is 44.6 Å². The fraction of sp³-hybridized carbons (Fsp3) is 0.793. The maximum absolute atomic E-state index is 10.9. The van der Waals surface area contributed by atoms with E-state index in [-0.39, 0.29) is 5.97 Å². The van der Waals surface area contributed by atoms with Crippen LogP contribution in [0.25, 0.3) is 0 Å². The summed E-state index contributed by atoms with van der Waals surface area (Å²) in [5, 5.41) is 0. The van der Waals surface area contributed by atoms with Crippen molar-refractivity contribution in [1.29, 1.82) is 0 Å². The molecule has 3 aliphatic rings. The zero-order chi connectivity index (χ0) is 24.3. The third-order valence-electron chi connectivity index (χ3n) is 9.38. The molecule has 0 amide bonds. The molecule has 2 aliphatic carbocycles.